The number of aromatic nitrogens is 3. The first kappa shape index (κ1) is 12.9. The Morgan fingerprint density at radius 2 is 2.15 bits per heavy atom. The van der Waals surface area contributed by atoms with Gasteiger partial charge >= 0.3 is 0 Å². The number of fused-ring (bicyclic) bond motifs is 1. The maximum Gasteiger partial charge on any atom is 0.261 e. The summed E-state index contributed by atoms with van der Waals surface area (Å²) in [5.74, 6) is 0.714. The molecule has 0 unspecified atom stereocenters. The summed E-state index contributed by atoms with van der Waals surface area (Å²) in [6.07, 6.45) is 1.52. The minimum Gasteiger partial charge on any atom is -0.361 e. The highest BCUT2D eigenvalue weighted by Crippen LogP contribution is 2.16. The fraction of sp³-hybridized carbons (Fsp3) is 0.214. The molecular formula is C14H12ClN3O2. The second kappa shape index (κ2) is 4.76. The molecule has 0 saturated carbocycles. The van der Waals surface area contributed by atoms with E-state index in [1.807, 2.05) is 13.8 Å². The average Bonchev–Trinajstić information content (AvgIpc) is 2.73. The van der Waals surface area contributed by atoms with Gasteiger partial charge in [-0.2, -0.15) is 0 Å². The number of nitrogens with zero attached hydrogens (tertiary/aromatic N) is 3. The Morgan fingerprint density at radius 3 is 2.85 bits per heavy atom. The molecule has 0 aliphatic carbocycles. The summed E-state index contributed by atoms with van der Waals surface area (Å²) in [4.78, 5) is 16.7. The summed E-state index contributed by atoms with van der Waals surface area (Å²) < 4.78 is 6.65. The fourth-order valence-electron chi connectivity index (χ4n) is 2.14. The Labute approximate surface area is 119 Å². The van der Waals surface area contributed by atoms with Gasteiger partial charge in [0.25, 0.3) is 5.56 Å². The number of aryl methyl sites for hydroxylation is 2. The zero-order valence-corrected chi connectivity index (χ0v) is 11.8. The molecule has 0 amide bonds. The van der Waals surface area contributed by atoms with Crippen molar-refractivity contribution in [3.05, 3.63) is 56.9 Å². The van der Waals surface area contributed by atoms with Crippen molar-refractivity contribution in [3.8, 4) is 0 Å². The van der Waals surface area contributed by atoms with E-state index >= 15 is 0 Å². The van der Waals surface area contributed by atoms with Crippen LogP contribution in [0.2, 0.25) is 5.02 Å². The molecule has 3 rings (SSSR count). The van der Waals surface area contributed by atoms with Gasteiger partial charge in [-0.05, 0) is 32.0 Å². The summed E-state index contributed by atoms with van der Waals surface area (Å²) in [5, 5.41) is 5.00. The summed E-state index contributed by atoms with van der Waals surface area (Å²) >= 11 is 5.90. The molecule has 0 bridgehead atoms. The molecule has 2 aromatic heterocycles. The topological polar surface area (TPSA) is 60.9 Å². The molecule has 0 N–H and O–H groups in total. The first-order valence-corrected chi connectivity index (χ1v) is 6.50. The number of halogens is 1. The smallest absolute Gasteiger partial charge is 0.261 e. The van der Waals surface area contributed by atoms with Crippen LogP contribution < -0.4 is 5.56 Å². The highest BCUT2D eigenvalue weighted by molar-refractivity contribution is 6.31. The van der Waals surface area contributed by atoms with Crippen molar-refractivity contribution in [2.75, 3.05) is 0 Å². The van der Waals surface area contributed by atoms with Gasteiger partial charge in [0.2, 0.25) is 0 Å². The molecule has 5 nitrogen and oxygen atoms in total. The van der Waals surface area contributed by atoms with Gasteiger partial charge in [0.05, 0.1) is 29.5 Å². The maximum atomic E-state index is 12.4. The van der Waals surface area contributed by atoms with Gasteiger partial charge in [-0.1, -0.05) is 16.8 Å². The minimum absolute atomic E-state index is 0.105. The third-order valence-electron chi connectivity index (χ3n) is 3.30. The van der Waals surface area contributed by atoms with E-state index in [1.165, 1.54) is 6.33 Å². The SMILES string of the molecule is Cc1noc(C)c1Cn1cnc2cc(Cl)ccc2c1=O. The lowest BCUT2D eigenvalue weighted by molar-refractivity contribution is 0.392. The molecule has 0 aliphatic rings. The van der Waals surface area contributed by atoms with Crippen LogP contribution in [0.3, 0.4) is 0 Å². The van der Waals surface area contributed by atoms with Crippen molar-refractivity contribution < 1.29 is 4.52 Å². The number of hydrogen-bond acceptors (Lipinski definition) is 4. The first-order valence-electron chi connectivity index (χ1n) is 6.12. The molecule has 0 spiro atoms. The molecular weight excluding hydrogens is 278 g/mol. The van der Waals surface area contributed by atoms with Crippen LogP contribution in [0.15, 0.2) is 33.8 Å². The van der Waals surface area contributed by atoms with E-state index in [2.05, 4.69) is 10.1 Å². The fourth-order valence-corrected chi connectivity index (χ4v) is 2.31. The van der Waals surface area contributed by atoms with E-state index in [1.54, 1.807) is 22.8 Å². The standard InChI is InChI=1S/C14H12ClN3O2/c1-8-12(9(2)20-17-8)6-18-7-16-13-5-10(15)3-4-11(13)14(18)19/h3-5,7H,6H2,1-2H3. The van der Waals surface area contributed by atoms with Crippen molar-refractivity contribution in [1.29, 1.82) is 0 Å². The van der Waals surface area contributed by atoms with Gasteiger partial charge < -0.3 is 4.52 Å². The van der Waals surface area contributed by atoms with Gasteiger partial charge in [0.15, 0.2) is 0 Å². The summed E-state index contributed by atoms with van der Waals surface area (Å²) in [6.45, 7) is 4.07. The van der Waals surface area contributed by atoms with Crippen LogP contribution in [-0.2, 0) is 6.54 Å². The second-order valence-corrected chi connectivity index (χ2v) is 5.08. The Kier molecular flexibility index (Phi) is 3.06. The number of hydrogen-bond donors (Lipinski definition) is 0. The molecule has 0 radical (unpaired) electrons. The molecule has 0 atom stereocenters. The van der Waals surface area contributed by atoms with E-state index in [4.69, 9.17) is 16.1 Å². The number of rotatable bonds is 2. The third kappa shape index (κ3) is 2.10. The average molecular weight is 290 g/mol. The summed E-state index contributed by atoms with van der Waals surface area (Å²) in [5.41, 5.74) is 2.18. The molecule has 6 heteroatoms. The molecule has 102 valence electrons. The molecule has 0 fully saturated rings. The zero-order chi connectivity index (χ0) is 14.3. The van der Waals surface area contributed by atoms with Gasteiger partial charge in [-0.15, -0.1) is 0 Å². The Morgan fingerprint density at radius 1 is 1.35 bits per heavy atom. The van der Waals surface area contributed by atoms with Gasteiger partial charge in [-0.3, -0.25) is 9.36 Å². The predicted octanol–water partition coefficient (Wildman–Crippen LogP) is 2.70. The summed E-state index contributed by atoms with van der Waals surface area (Å²) in [6, 6.07) is 5.06. The van der Waals surface area contributed by atoms with Gasteiger partial charge in [0.1, 0.15) is 5.76 Å². The van der Waals surface area contributed by atoms with Gasteiger partial charge in [0, 0.05) is 10.6 Å². The normalized spacial score (nSPS) is 11.2. The minimum atomic E-state index is -0.105. The molecule has 1 aromatic carbocycles. The zero-order valence-electron chi connectivity index (χ0n) is 11.1. The van der Waals surface area contributed by atoms with Crippen LogP contribution in [0.4, 0.5) is 0 Å². The van der Waals surface area contributed by atoms with Crippen molar-refractivity contribution in [2.45, 2.75) is 20.4 Å². The molecule has 0 saturated heterocycles. The third-order valence-corrected chi connectivity index (χ3v) is 3.53. The van der Waals surface area contributed by atoms with Crippen LogP contribution in [0.5, 0.6) is 0 Å². The number of benzene rings is 1. The lowest BCUT2D eigenvalue weighted by Gasteiger charge is -2.06. The maximum absolute atomic E-state index is 12.4. The second-order valence-electron chi connectivity index (χ2n) is 4.64. The van der Waals surface area contributed by atoms with Gasteiger partial charge in [-0.25, -0.2) is 4.98 Å². The van der Waals surface area contributed by atoms with Crippen LogP contribution in [0.1, 0.15) is 17.0 Å². The first-order chi connectivity index (χ1) is 9.56. The Balaban J connectivity index is 2.12. The molecule has 3 aromatic rings. The highest BCUT2D eigenvalue weighted by Gasteiger charge is 2.11. The van der Waals surface area contributed by atoms with E-state index in [0.29, 0.717) is 28.2 Å². The Bertz CT molecular complexity index is 832. The molecule has 20 heavy (non-hydrogen) atoms. The highest BCUT2D eigenvalue weighted by atomic mass is 35.5. The van der Waals surface area contributed by atoms with E-state index in [0.717, 1.165) is 11.3 Å². The van der Waals surface area contributed by atoms with Crippen molar-refractivity contribution >= 4 is 22.5 Å². The van der Waals surface area contributed by atoms with Crippen LogP contribution >= 0.6 is 11.6 Å². The van der Waals surface area contributed by atoms with E-state index in [9.17, 15) is 4.79 Å². The van der Waals surface area contributed by atoms with E-state index < -0.39 is 0 Å². The lowest BCUT2D eigenvalue weighted by atomic mass is 10.2. The van der Waals surface area contributed by atoms with Crippen LogP contribution in [0, 0.1) is 13.8 Å². The molecule has 0 aliphatic heterocycles. The van der Waals surface area contributed by atoms with Crippen molar-refractivity contribution in [1.82, 2.24) is 14.7 Å². The lowest BCUT2D eigenvalue weighted by Crippen LogP contribution is -2.21. The molecule has 2 heterocycles. The van der Waals surface area contributed by atoms with Crippen LogP contribution in [-0.4, -0.2) is 14.7 Å². The largest absolute Gasteiger partial charge is 0.361 e. The predicted molar refractivity (Wildman–Crippen MR) is 76.1 cm³/mol. The quantitative estimate of drug-likeness (QED) is 0.728. The monoisotopic (exact) mass is 289 g/mol. The summed E-state index contributed by atoms with van der Waals surface area (Å²) in [7, 11) is 0. The van der Waals surface area contributed by atoms with Crippen molar-refractivity contribution in [3.63, 3.8) is 0 Å². The van der Waals surface area contributed by atoms with Crippen molar-refractivity contribution in [2.24, 2.45) is 0 Å². The van der Waals surface area contributed by atoms with E-state index in [-0.39, 0.29) is 5.56 Å². The van der Waals surface area contributed by atoms with Crippen LogP contribution in [0.25, 0.3) is 10.9 Å². The Hall–Kier alpha value is -2.14.